The fraction of sp³-hybridized carbons (Fsp3) is 0.312. The van der Waals surface area contributed by atoms with E-state index < -0.39 is 11.9 Å². The summed E-state index contributed by atoms with van der Waals surface area (Å²) in [6.07, 6.45) is 3.43. The third-order valence-electron chi connectivity index (χ3n) is 3.74. The van der Waals surface area contributed by atoms with Crippen LogP contribution in [0.1, 0.15) is 39.5 Å². The smallest absolute Gasteiger partial charge is 0.312 e. The van der Waals surface area contributed by atoms with Crippen LogP contribution >= 0.6 is 11.3 Å². The van der Waals surface area contributed by atoms with Crippen molar-refractivity contribution in [1.29, 1.82) is 0 Å². The SMILES string of the molecule is CCCc1ncc(C(=O)N2CC(C(=O)O)c3ccccc32)s1. The number of hydrogen-bond acceptors (Lipinski definition) is 4. The molecule has 0 fully saturated rings. The summed E-state index contributed by atoms with van der Waals surface area (Å²) < 4.78 is 0. The molecule has 3 rings (SSSR count). The largest absolute Gasteiger partial charge is 0.481 e. The number of rotatable bonds is 4. The van der Waals surface area contributed by atoms with E-state index in [-0.39, 0.29) is 12.5 Å². The first-order valence-electron chi connectivity index (χ1n) is 7.20. The van der Waals surface area contributed by atoms with Crippen LogP contribution in [0.4, 0.5) is 5.69 Å². The Hall–Kier alpha value is -2.21. The van der Waals surface area contributed by atoms with Crippen LogP contribution in [-0.2, 0) is 11.2 Å². The van der Waals surface area contributed by atoms with Crippen LogP contribution < -0.4 is 4.90 Å². The Labute approximate surface area is 132 Å². The molecule has 22 heavy (non-hydrogen) atoms. The molecule has 1 aromatic carbocycles. The highest BCUT2D eigenvalue weighted by molar-refractivity contribution is 7.13. The first-order chi connectivity index (χ1) is 10.6. The van der Waals surface area contributed by atoms with Crippen LogP contribution in [0.15, 0.2) is 30.5 Å². The Balaban J connectivity index is 1.91. The van der Waals surface area contributed by atoms with Crippen molar-refractivity contribution in [1.82, 2.24) is 4.98 Å². The quantitative estimate of drug-likeness (QED) is 0.941. The zero-order chi connectivity index (χ0) is 15.7. The third-order valence-corrected chi connectivity index (χ3v) is 4.78. The van der Waals surface area contributed by atoms with Crippen LogP contribution in [0.2, 0.25) is 0 Å². The van der Waals surface area contributed by atoms with Gasteiger partial charge in [-0.2, -0.15) is 0 Å². The number of nitrogens with zero attached hydrogens (tertiary/aromatic N) is 2. The number of aryl methyl sites for hydroxylation is 1. The van der Waals surface area contributed by atoms with Crippen molar-refractivity contribution in [3.05, 3.63) is 45.9 Å². The lowest BCUT2D eigenvalue weighted by atomic mass is 10.0. The zero-order valence-electron chi connectivity index (χ0n) is 12.2. The van der Waals surface area contributed by atoms with Crippen molar-refractivity contribution in [2.45, 2.75) is 25.7 Å². The van der Waals surface area contributed by atoms with Crippen molar-refractivity contribution < 1.29 is 14.7 Å². The van der Waals surface area contributed by atoms with Gasteiger partial charge in [0, 0.05) is 12.2 Å². The molecule has 0 radical (unpaired) electrons. The summed E-state index contributed by atoms with van der Waals surface area (Å²) in [7, 11) is 0. The lowest BCUT2D eigenvalue weighted by Crippen LogP contribution is -2.30. The second-order valence-electron chi connectivity index (χ2n) is 5.23. The molecule has 1 aromatic heterocycles. The summed E-state index contributed by atoms with van der Waals surface area (Å²) in [6.45, 7) is 2.24. The maximum Gasteiger partial charge on any atom is 0.312 e. The highest BCUT2D eigenvalue weighted by Gasteiger charge is 2.37. The number of para-hydroxylation sites is 1. The molecule has 1 unspecified atom stereocenters. The average molecular weight is 316 g/mol. The first kappa shape index (κ1) is 14.7. The molecular formula is C16H16N2O3S. The molecule has 0 saturated carbocycles. The predicted octanol–water partition coefficient (Wildman–Crippen LogP) is 2.92. The summed E-state index contributed by atoms with van der Waals surface area (Å²) in [5, 5.41) is 10.3. The van der Waals surface area contributed by atoms with Crippen molar-refractivity contribution in [2.75, 3.05) is 11.4 Å². The fourth-order valence-corrected chi connectivity index (χ4v) is 3.65. The second-order valence-corrected chi connectivity index (χ2v) is 6.35. The van der Waals surface area contributed by atoms with Gasteiger partial charge in [0.25, 0.3) is 5.91 Å². The van der Waals surface area contributed by atoms with E-state index in [0.29, 0.717) is 16.1 Å². The molecule has 1 amide bonds. The number of carboxylic acid groups (broad SMARTS) is 1. The minimum absolute atomic E-state index is 0.170. The summed E-state index contributed by atoms with van der Waals surface area (Å²) >= 11 is 1.39. The van der Waals surface area contributed by atoms with Gasteiger partial charge in [0.1, 0.15) is 10.8 Å². The summed E-state index contributed by atoms with van der Waals surface area (Å²) in [5.74, 6) is -1.74. The molecule has 0 saturated heterocycles. The molecule has 1 atom stereocenters. The average Bonchev–Trinajstić information content (AvgIpc) is 3.11. The molecule has 2 heterocycles. The van der Waals surface area contributed by atoms with Crippen molar-refractivity contribution in [3.63, 3.8) is 0 Å². The van der Waals surface area contributed by atoms with E-state index in [1.54, 1.807) is 29.3 Å². The lowest BCUT2D eigenvalue weighted by molar-refractivity contribution is -0.138. The normalized spacial score (nSPS) is 16.6. The number of amides is 1. The summed E-state index contributed by atoms with van der Waals surface area (Å²) in [4.78, 5) is 30.5. The Morgan fingerprint density at radius 1 is 1.41 bits per heavy atom. The number of carbonyl (C=O) groups is 2. The Morgan fingerprint density at radius 2 is 2.18 bits per heavy atom. The van der Waals surface area contributed by atoms with Crippen LogP contribution in [-0.4, -0.2) is 28.5 Å². The molecule has 1 aliphatic heterocycles. The van der Waals surface area contributed by atoms with Gasteiger partial charge >= 0.3 is 5.97 Å². The highest BCUT2D eigenvalue weighted by Crippen LogP contribution is 2.37. The van der Waals surface area contributed by atoms with E-state index in [1.165, 1.54) is 11.3 Å². The van der Waals surface area contributed by atoms with Crippen molar-refractivity contribution in [3.8, 4) is 0 Å². The van der Waals surface area contributed by atoms with Gasteiger partial charge in [-0.1, -0.05) is 25.1 Å². The first-order valence-corrected chi connectivity index (χ1v) is 8.01. The molecule has 1 N–H and O–H groups in total. The lowest BCUT2D eigenvalue weighted by Gasteiger charge is -2.16. The minimum Gasteiger partial charge on any atom is -0.481 e. The van der Waals surface area contributed by atoms with Gasteiger partial charge < -0.3 is 10.0 Å². The van der Waals surface area contributed by atoms with E-state index in [9.17, 15) is 14.7 Å². The molecule has 0 aliphatic carbocycles. The van der Waals surface area contributed by atoms with E-state index >= 15 is 0 Å². The van der Waals surface area contributed by atoms with Crippen molar-refractivity contribution in [2.24, 2.45) is 0 Å². The van der Waals surface area contributed by atoms with Gasteiger partial charge in [-0.15, -0.1) is 11.3 Å². The maximum absolute atomic E-state index is 12.7. The molecule has 114 valence electrons. The van der Waals surface area contributed by atoms with Crippen molar-refractivity contribution >= 4 is 28.9 Å². The van der Waals surface area contributed by atoms with Crippen LogP contribution in [0, 0.1) is 0 Å². The predicted molar refractivity (Wildman–Crippen MR) is 84.6 cm³/mol. The number of fused-ring (bicyclic) bond motifs is 1. The van der Waals surface area contributed by atoms with Crippen LogP contribution in [0.3, 0.4) is 0 Å². The molecule has 1 aliphatic rings. The van der Waals surface area contributed by atoms with E-state index in [4.69, 9.17) is 0 Å². The van der Waals surface area contributed by atoms with E-state index in [2.05, 4.69) is 11.9 Å². The number of hydrogen-bond donors (Lipinski definition) is 1. The van der Waals surface area contributed by atoms with Crippen LogP contribution in [0.25, 0.3) is 0 Å². The van der Waals surface area contributed by atoms with Gasteiger partial charge in [0.2, 0.25) is 0 Å². The van der Waals surface area contributed by atoms with E-state index in [0.717, 1.165) is 17.8 Å². The Morgan fingerprint density at radius 3 is 2.91 bits per heavy atom. The molecule has 0 spiro atoms. The van der Waals surface area contributed by atoms with Gasteiger partial charge in [0.05, 0.1) is 11.2 Å². The van der Waals surface area contributed by atoms with Gasteiger partial charge in [-0.3, -0.25) is 9.59 Å². The standard InChI is InChI=1S/C16H16N2O3S/c1-2-5-14-17-8-13(22-14)15(19)18-9-11(16(20)21)10-6-3-4-7-12(10)18/h3-4,6-8,11H,2,5,9H2,1H3,(H,20,21). The monoisotopic (exact) mass is 316 g/mol. The number of aliphatic carboxylic acids is 1. The number of carbonyl (C=O) groups excluding carboxylic acids is 1. The topological polar surface area (TPSA) is 70.5 Å². The number of benzene rings is 1. The number of thiazole rings is 1. The molecule has 2 aromatic rings. The van der Waals surface area contributed by atoms with E-state index in [1.807, 2.05) is 6.07 Å². The fourth-order valence-electron chi connectivity index (χ4n) is 2.68. The van der Waals surface area contributed by atoms with Gasteiger partial charge in [-0.05, 0) is 24.5 Å². The maximum atomic E-state index is 12.7. The number of aromatic nitrogens is 1. The highest BCUT2D eigenvalue weighted by atomic mass is 32.1. The van der Waals surface area contributed by atoms with Gasteiger partial charge in [-0.25, -0.2) is 4.98 Å². The molecule has 5 nitrogen and oxygen atoms in total. The molecule has 0 bridgehead atoms. The molecule has 6 heteroatoms. The van der Waals surface area contributed by atoms with Crippen LogP contribution in [0.5, 0.6) is 0 Å². The number of anilines is 1. The molecular weight excluding hydrogens is 300 g/mol. The summed E-state index contributed by atoms with van der Waals surface area (Å²) in [6, 6.07) is 7.19. The second kappa shape index (κ2) is 5.88. The number of carboxylic acids is 1. The Kier molecular flexibility index (Phi) is 3.94. The Bertz CT molecular complexity index is 726. The van der Waals surface area contributed by atoms with Gasteiger partial charge in [0.15, 0.2) is 0 Å². The summed E-state index contributed by atoms with van der Waals surface area (Å²) in [5.41, 5.74) is 1.38. The minimum atomic E-state index is -0.904. The zero-order valence-corrected chi connectivity index (χ0v) is 13.0. The third kappa shape index (κ3) is 2.50.